The minimum atomic E-state index is -0.0554. The van der Waals surface area contributed by atoms with E-state index in [4.69, 9.17) is 4.74 Å². The monoisotopic (exact) mass is 314 g/mol. The molecule has 19 heavy (non-hydrogen) atoms. The van der Waals surface area contributed by atoms with Gasteiger partial charge >= 0.3 is 0 Å². The molecule has 0 fully saturated rings. The van der Waals surface area contributed by atoms with Gasteiger partial charge in [0, 0.05) is 5.33 Å². The third-order valence-corrected chi connectivity index (χ3v) is 3.65. The number of allylic oxidation sites excluding steroid dienone is 1. The quantitative estimate of drug-likeness (QED) is 0.613. The van der Waals surface area contributed by atoms with Crippen molar-refractivity contribution in [1.29, 1.82) is 0 Å². The number of carbonyl (C=O) groups is 1. The highest BCUT2D eigenvalue weighted by atomic mass is 79.9. The highest BCUT2D eigenvalue weighted by molar-refractivity contribution is 9.08. The van der Waals surface area contributed by atoms with Gasteiger partial charge in [-0.2, -0.15) is 0 Å². The second kappa shape index (κ2) is 5.02. The molecule has 1 aliphatic rings. The maximum atomic E-state index is 12.1. The molecule has 3 heteroatoms. The lowest BCUT2D eigenvalue weighted by Crippen LogP contribution is -1.97. The number of ketones is 1. The van der Waals surface area contributed by atoms with Crippen molar-refractivity contribution >= 4 is 27.8 Å². The van der Waals surface area contributed by atoms with Gasteiger partial charge < -0.3 is 4.74 Å². The number of benzene rings is 2. The Bertz CT molecular complexity index is 657. The van der Waals surface area contributed by atoms with Gasteiger partial charge in [-0.15, -0.1) is 0 Å². The number of alkyl halides is 1. The van der Waals surface area contributed by atoms with E-state index in [0.717, 1.165) is 10.9 Å². The minimum Gasteiger partial charge on any atom is -0.452 e. The Morgan fingerprint density at radius 3 is 2.47 bits per heavy atom. The average molecular weight is 315 g/mol. The number of hydrogen-bond acceptors (Lipinski definition) is 2. The first-order chi connectivity index (χ1) is 9.28. The SMILES string of the molecule is O=C1/C(=C/c2ccc(CBr)cc2)Oc2ccccc21. The molecule has 0 spiro atoms. The molecule has 0 saturated carbocycles. The summed E-state index contributed by atoms with van der Waals surface area (Å²) in [4.78, 5) is 12.1. The molecule has 94 valence electrons. The molecule has 0 bridgehead atoms. The summed E-state index contributed by atoms with van der Waals surface area (Å²) in [7, 11) is 0. The number of fused-ring (bicyclic) bond motifs is 1. The van der Waals surface area contributed by atoms with E-state index in [9.17, 15) is 4.79 Å². The van der Waals surface area contributed by atoms with Crippen LogP contribution in [0.15, 0.2) is 54.3 Å². The van der Waals surface area contributed by atoms with Crippen LogP contribution in [0.3, 0.4) is 0 Å². The molecule has 0 saturated heterocycles. The number of hydrogen-bond donors (Lipinski definition) is 0. The number of ether oxygens (including phenoxy) is 1. The zero-order valence-electron chi connectivity index (χ0n) is 10.1. The molecule has 0 radical (unpaired) electrons. The largest absolute Gasteiger partial charge is 0.452 e. The summed E-state index contributed by atoms with van der Waals surface area (Å²) >= 11 is 3.41. The first-order valence-corrected chi connectivity index (χ1v) is 7.08. The van der Waals surface area contributed by atoms with Crippen molar-refractivity contribution in [2.45, 2.75) is 5.33 Å². The van der Waals surface area contributed by atoms with Crippen molar-refractivity contribution in [3.63, 3.8) is 0 Å². The molecular formula is C16H11BrO2. The van der Waals surface area contributed by atoms with Crippen LogP contribution in [0.25, 0.3) is 6.08 Å². The molecule has 0 unspecified atom stereocenters. The number of rotatable bonds is 2. The molecule has 0 aliphatic carbocycles. The predicted molar refractivity (Wildman–Crippen MR) is 78.5 cm³/mol. The first kappa shape index (κ1) is 12.2. The molecule has 1 heterocycles. The van der Waals surface area contributed by atoms with Crippen LogP contribution in [0.2, 0.25) is 0 Å². The Labute approximate surface area is 119 Å². The van der Waals surface area contributed by atoms with Crippen LogP contribution < -0.4 is 4.74 Å². The lowest BCUT2D eigenvalue weighted by molar-refractivity contribution is 0.101. The molecule has 0 amide bonds. The Balaban J connectivity index is 1.92. The van der Waals surface area contributed by atoms with E-state index >= 15 is 0 Å². The third kappa shape index (κ3) is 2.34. The second-order valence-corrected chi connectivity index (χ2v) is 4.87. The number of para-hydroxylation sites is 1. The Kier molecular flexibility index (Phi) is 3.22. The molecule has 0 N–H and O–H groups in total. The third-order valence-electron chi connectivity index (χ3n) is 3.01. The van der Waals surface area contributed by atoms with Gasteiger partial charge in [0.1, 0.15) is 5.75 Å². The van der Waals surface area contributed by atoms with Crippen LogP contribution in [0.4, 0.5) is 0 Å². The zero-order chi connectivity index (χ0) is 13.2. The predicted octanol–water partition coefficient (Wildman–Crippen LogP) is 4.20. The van der Waals surface area contributed by atoms with Gasteiger partial charge in [-0.25, -0.2) is 0 Å². The van der Waals surface area contributed by atoms with Crippen molar-refractivity contribution in [3.05, 3.63) is 71.0 Å². The lowest BCUT2D eigenvalue weighted by Gasteiger charge is -1.99. The van der Waals surface area contributed by atoms with Crippen molar-refractivity contribution in [1.82, 2.24) is 0 Å². The smallest absolute Gasteiger partial charge is 0.231 e. The molecule has 2 nitrogen and oxygen atoms in total. The summed E-state index contributed by atoms with van der Waals surface area (Å²) in [6.07, 6.45) is 1.78. The molecule has 0 aromatic heterocycles. The zero-order valence-corrected chi connectivity index (χ0v) is 11.7. The molecular weight excluding hydrogens is 304 g/mol. The van der Waals surface area contributed by atoms with Gasteiger partial charge in [-0.1, -0.05) is 52.3 Å². The van der Waals surface area contributed by atoms with Gasteiger partial charge in [0.2, 0.25) is 5.78 Å². The summed E-state index contributed by atoms with van der Waals surface area (Å²) in [5.74, 6) is 0.962. The highest BCUT2D eigenvalue weighted by Gasteiger charge is 2.26. The fraction of sp³-hybridized carbons (Fsp3) is 0.0625. The fourth-order valence-corrected chi connectivity index (χ4v) is 2.36. The van der Waals surface area contributed by atoms with Gasteiger partial charge in [0.05, 0.1) is 5.56 Å². The van der Waals surface area contributed by atoms with Crippen molar-refractivity contribution in [3.8, 4) is 5.75 Å². The fourth-order valence-electron chi connectivity index (χ4n) is 1.99. The Morgan fingerprint density at radius 1 is 1.05 bits per heavy atom. The molecule has 3 rings (SSSR count). The van der Waals surface area contributed by atoms with E-state index < -0.39 is 0 Å². The van der Waals surface area contributed by atoms with E-state index in [2.05, 4.69) is 15.9 Å². The number of carbonyl (C=O) groups excluding carboxylic acids is 1. The summed E-state index contributed by atoms with van der Waals surface area (Å²) in [6, 6.07) is 15.3. The van der Waals surface area contributed by atoms with Crippen molar-refractivity contribution in [2.24, 2.45) is 0 Å². The summed E-state index contributed by atoms with van der Waals surface area (Å²) in [5, 5.41) is 0.824. The van der Waals surface area contributed by atoms with Gasteiger partial charge in [-0.05, 0) is 29.3 Å². The van der Waals surface area contributed by atoms with Crippen molar-refractivity contribution < 1.29 is 9.53 Å². The van der Waals surface area contributed by atoms with Crippen LogP contribution in [-0.2, 0) is 5.33 Å². The lowest BCUT2D eigenvalue weighted by atomic mass is 10.1. The highest BCUT2D eigenvalue weighted by Crippen LogP contribution is 2.31. The summed E-state index contributed by atoms with van der Waals surface area (Å²) in [5.41, 5.74) is 2.79. The number of halogens is 1. The van der Waals surface area contributed by atoms with E-state index in [0.29, 0.717) is 17.1 Å². The Hall–Kier alpha value is -1.87. The maximum absolute atomic E-state index is 12.1. The molecule has 0 atom stereocenters. The van der Waals surface area contributed by atoms with Crippen LogP contribution in [-0.4, -0.2) is 5.78 Å². The summed E-state index contributed by atoms with van der Waals surface area (Å²) in [6.45, 7) is 0. The van der Waals surface area contributed by atoms with E-state index in [-0.39, 0.29) is 5.78 Å². The van der Waals surface area contributed by atoms with Crippen molar-refractivity contribution in [2.75, 3.05) is 0 Å². The van der Waals surface area contributed by atoms with Crippen LogP contribution in [0, 0.1) is 0 Å². The van der Waals surface area contributed by atoms with E-state index in [1.54, 1.807) is 12.1 Å². The van der Waals surface area contributed by atoms with Gasteiger partial charge in [0.25, 0.3) is 0 Å². The standard InChI is InChI=1S/C16H11BrO2/c17-10-12-7-5-11(6-8-12)9-15-16(18)13-3-1-2-4-14(13)19-15/h1-9H,10H2/b15-9-. The maximum Gasteiger partial charge on any atom is 0.231 e. The normalized spacial score (nSPS) is 15.4. The average Bonchev–Trinajstić information content (AvgIpc) is 2.77. The summed E-state index contributed by atoms with van der Waals surface area (Å²) < 4.78 is 5.58. The van der Waals surface area contributed by atoms with Gasteiger partial charge in [-0.3, -0.25) is 4.79 Å². The topological polar surface area (TPSA) is 26.3 Å². The first-order valence-electron chi connectivity index (χ1n) is 5.96. The van der Waals surface area contributed by atoms with Gasteiger partial charge in [0.15, 0.2) is 5.76 Å². The Morgan fingerprint density at radius 2 is 1.79 bits per heavy atom. The van der Waals surface area contributed by atoms with Crippen LogP contribution >= 0.6 is 15.9 Å². The van der Waals surface area contributed by atoms with Crippen LogP contribution in [0.1, 0.15) is 21.5 Å². The molecule has 2 aromatic carbocycles. The van der Waals surface area contributed by atoms with Crippen LogP contribution in [0.5, 0.6) is 5.75 Å². The molecule has 2 aromatic rings. The minimum absolute atomic E-state index is 0.0554. The van der Waals surface area contributed by atoms with E-state index in [1.165, 1.54) is 5.56 Å². The molecule has 1 aliphatic heterocycles. The number of Topliss-reactive ketones (excluding diaryl/α,β-unsaturated/α-hetero) is 1. The van der Waals surface area contributed by atoms with E-state index in [1.807, 2.05) is 42.5 Å². The second-order valence-electron chi connectivity index (χ2n) is 4.31.